The standard InChI is InChI=1S/C41H48N4O7S/c1-4-39(46)42-25-41(2,23-27-8-10-28(11-9-27)24-45-31-13-14-32(45)16-15-31)43-40(47)22-35(30-12-19-36-37(21-30)52-26-51-36)44-53(48,49)38-7-5-6-29-20-33(50-3)17-18-34(29)38/h5-12,17-21,31-32,35,44H,4,13-16,22-26H2,1-3H3,(H,42,46)(H,43,47). The number of carbonyl (C=O) groups excluding carboxylic acids is 2. The van der Waals surface area contributed by atoms with Gasteiger partial charge in [-0.1, -0.05) is 49.4 Å². The fourth-order valence-electron chi connectivity index (χ4n) is 8.05. The van der Waals surface area contributed by atoms with Crippen molar-refractivity contribution in [3.05, 3.63) is 95.6 Å². The minimum Gasteiger partial charge on any atom is -0.497 e. The van der Waals surface area contributed by atoms with E-state index in [4.69, 9.17) is 14.2 Å². The first-order valence-corrected chi connectivity index (χ1v) is 19.9. The van der Waals surface area contributed by atoms with E-state index in [2.05, 4.69) is 44.5 Å². The van der Waals surface area contributed by atoms with Gasteiger partial charge in [0.05, 0.1) is 23.6 Å². The van der Waals surface area contributed by atoms with Crippen LogP contribution in [0.25, 0.3) is 10.8 Å². The Kier molecular flexibility index (Phi) is 10.6. The molecule has 0 radical (unpaired) electrons. The first kappa shape index (κ1) is 36.7. The summed E-state index contributed by atoms with van der Waals surface area (Å²) >= 11 is 0. The molecule has 2 fully saturated rings. The number of ether oxygens (including phenoxy) is 3. The largest absolute Gasteiger partial charge is 0.497 e. The molecule has 0 aromatic heterocycles. The fraction of sp³-hybridized carbons (Fsp3) is 0.415. The summed E-state index contributed by atoms with van der Waals surface area (Å²) in [5.74, 6) is 1.11. The van der Waals surface area contributed by atoms with Gasteiger partial charge in [-0.3, -0.25) is 14.5 Å². The molecule has 0 spiro atoms. The number of sulfonamides is 1. The zero-order valence-corrected chi connectivity index (χ0v) is 31.3. The number of fused-ring (bicyclic) bond motifs is 4. The first-order valence-electron chi connectivity index (χ1n) is 18.4. The summed E-state index contributed by atoms with van der Waals surface area (Å²) in [5, 5.41) is 7.35. The number of benzene rings is 4. The molecule has 0 saturated carbocycles. The lowest BCUT2D eigenvalue weighted by molar-refractivity contribution is -0.125. The van der Waals surface area contributed by atoms with Crippen LogP contribution in [-0.2, 0) is 32.6 Å². The summed E-state index contributed by atoms with van der Waals surface area (Å²) < 4.78 is 47.5. The maximum absolute atomic E-state index is 14.1. The van der Waals surface area contributed by atoms with Crippen molar-refractivity contribution in [3.63, 3.8) is 0 Å². The van der Waals surface area contributed by atoms with Crippen LogP contribution < -0.4 is 29.6 Å². The minimum atomic E-state index is -4.15. The molecule has 4 aromatic rings. The van der Waals surface area contributed by atoms with E-state index < -0.39 is 21.6 Å². The van der Waals surface area contributed by atoms with E-state index in [9.17, 15) is 18.0 Å². The Bertz CT molecular complexity index is 2070. The van der Waals surface area contributed by atoms with Crippen molar-refractivity contribution < 1.29 is 32.2 Å². The Hall–Kier alpha value is -4.65. The highest BCUT2D eigenvalue weighted by atomic mass is 32.2. The van der Waals surface area contributed by atoms with E-state index in [1.807, 2.05) is 13.0 Å². The Labute approximate surface area is 311 Å². The van der Waals surface area contributed by atoms with Gasteiger partial charge in [0.1, 0.15) is 5.75 Å². The van der Waals surface area contributed by atoms with Gasteiger partial charge in [0, 0.05) is 43.4 Å². The molecule has 3 aliphatic rings. The van der Waals surface area contributed by atoms with Crippen molar-refractivity contribution in [3.8, 4) is 17.2 Å². The summed E-state index contributed by atoms with van der Waals surface area (Å²) in [5.41, 5.74) is 1.96. The number of nitrogens with zero attached hydrogens (tertiary/aromatic N) is 1. The Morgan fingerprint density at radius 3 is 2.34 bits per heavy atom. The third kappa shape index (κ3) is 8.30. The highest BCUT2D eigenvalue weighted by Gasteiger charge is 2.39. The number of rotatable bonds is 15. The van der Waals surface area contributed by atoms with Crippen molar-refractivity contribution in [1.29, 1.82) is 0 Å². The van der Waals surface area contributed by atoms with E-state index in [0.29, 0.717) is 58.5 Å². The number of amides is 2. The average molecular weight is 741 g/mol. The van der Waals surface area contributed by atoms with Crippen LogP contribution in [0.4, 0.5) is 0 Å². The second-order valence-electron chi connectivity index (χ2n) is 14.7. The van der Waals surface area contributed by atoms with Crippen LogP contribution in [0.3, 0.4) is 0 Å². The van der Waals surface area contributed by atoms with Crippen LogP contribution in [0.2, 0.25) is 0 Å². The van der Waals surface area contributed by atoms with Gasteiger partial charge in [0.25, 0.3) is 0 Å². The van der Waals surface area contributed by atoms with Crippen molar-refractivity contribution in [2.75, 3.05) is 20.4 Å². The molecule has 0 aliphatic carbocycles. The summed E-state index contributed by atoms with van der Waals surface area (Å²) in [6.45, 7) is 4.88. The second-order valence-corrected chi connectivity index (χ2v) is 16.4. The molecule has 4 aromatic carbocycles. The van der Waals surface area contributed by atoms with E-state index in [-0.39, 0.29) is 36.5 Å². The maximum atomic E-state index is 14.1. The lowest BCUT2D eigenvalue weighted by Crippen LogP contribution is -2.55. The zero-order chi connectivity index (χ0) is 37.2. The predicted molar refractivity (Wildman–Crippen MR) is 202 cm³/mol. The molecule has 53 heavy (non-hydrogen) atoms. The molecule has 280 valence electrons. The van der Waals surface area contributed by atoms with Gasteiger partial charge >= 0.3 is 0 Å². The smallest absolute Gasteiger partial charge is 0.241 e. The van der Waals surface area contributed by atoms with Crippen molar-refractivity contribution in [2.24, 2.45) is 0 Å². The summed E-state index contributed by atoms with van der Waals surface area (Å²) in [7, 11) is -2.59. The molecular weight excluding hydrogens is 693 g/mol. The molecule has 3 heterocycles. The van der Waals surface area contributed by atoms with E-state index >= 15 is 0 Å². The molecule has 2 atom stereocenters. The van der Waals surface area contributed by atoms with E-state index in [1.54, 1.807) is 62.6 Å². The third-order valence-electron chi connectivity index (χ3n) is 10.8. The summed E-state index contributed by atoms with van der Waals surface area (Å²) in [6.07, 6.45) is 5.72. The highest BCUT2D eigenvalue weighted by molar-refractivity contribution is 7.89. The maximum Gasteiger partial charge on any atom is 0.241 e. The zero-order valence-electron chi connectivity index (χ0n) is 30.5. The van der Waals surface area contributed by atoms with Crippen LogP contribution in [0.1, 0.15) is 75.1 Å². The Morgan fingerprint density at radius 1 is 0.906 bits per heavy atom. The average Bonchev–Trinajstić information content (AvgIpc) is 3.89. The number of carbonyl (C=O) groups is 2. The lowest BCUT2D eigenvalue weighted by Gasteiger charge is -2.32. The number of hydrogen-bond acceptors (Lipinski definition) is 8. The van der Waals surface area contributed by atoms with Gasteiger partial charge in [-0.2, -0.15) is 0 Å². The number of methoxy groups -OCH3 is 1. The number of nitrogens with one attached hydrogen (secondary N) is 3. The van der Waals surface area contributed by atoms with E-state index in [0.717, 1.165) is 12.1 Å². The third-order valence-corrected chi connectivity index (χ3v) is 12.4. The van der Waals surface area contributed by atoms with Crippen LogP contribution in [-0.4, -0.2) is 63.2 Å². The monoisotopic (exact) mass is 740 g/mol. The summed E-state index contributed by atoms with van der Waals surface area (Å²) in [4.78, 5) is 29.2. The fourth-order valence-corrected chi connectivity index (χ4v) is 9.50. The number of hydrogen-bond donors (Lipinski definition) is 3. The molecule has 12 heteroatoms. The minimum absolute atomic E-state index is 0.0528. The topological polar surface area (TPSA) is 135 Å². The van der Waals surface area contributed by atoms with Gasteiger partial charge in [0.15, 0.2) is 11.5 Å². The molecule has 2 amide bonds. The highest BCUT2D eigenvalue weighted by Crippen LogP contribution is 2.39. The normalized spacial score (nSPS) is 19.5. The van der Waals surface area contributed by atoms with Gasteiger partial charge in [-0.05, 0) is 97.5 Å². The Balaban J connectivity index is 1.12. The molecule has 3 aliphatic heterocycles. The molecule has 11 nitrogen and oxygen atoms in total. The van der Waals surface area contributed by atoms with Crippen LogP contribution >= 0.6 is 0 Å². The first-order chi connectivity index (χ1) is 25.5. The predicted octanol–water partition coefficient (Wildman–Crippen LogP) is 5.76. The van der Waals surface area contributed by atoms with Gasteiger partial charge < -0.3 is 24.8 Å². The second kappa shape index (κ2) is 15.4. The van der Waals surface area contributed by atoms with Crippen LogP contribution in [0.15, 0.2) is 83.8 Å². The molecule has 3 N–H and O–H groups in total. The van der Waals surface area contributed by atoms with Crippen LogP contribution in [0, 0.1) is 0 Å². The van der Waals surface area contributed by atoms with Gasteiger partial charge in [0.2, 0.25) is 28.6 Å². The molecule has 2 unspecified atom stereocenters. The quantitative estimate of drug-likeness (QED) is 0.140. The Morgan fingerprint density at radius 2 is 1.62 bits per heavy atom. The van der Waals surface area contributed by atoms with Gasteiger partial charge in [-0.15, -0.1) is 0 Å². The molecular formula is C41H48N4O7S. The SMILES string of the molecule is CCC(=O)NCC(C)(Cc1ccc(CN2C3CCC2CC3)cc1)NC(=O)CC(NS(=O)(=O)c1cccc2cc(OC)ccc12)c1ccc2c(c1)OCO2. The summed E-state index contributed by atoms with van der Waals surface area (Å²) in [6, 6.07) is 24.3. The molecule has 7 rings (SSSR count). The van der Waals surface area contributed by atoms with E-state index in [1.165, 1.54) is 31.2 Å². The van der Waals surface area contributed by atoms with Gasteiger partial charge in [-0.25, -0.2) is 13.1 Å². The van der Waals surface area contributed by atoms with Crippen molar-refractivity contribution >= 4 is 32.6 Å². The lowest BCUT2D eigenvalue weighted by atomic mass is 9.91. The molecule has 2 bridgehead atoms. The van der Waals surface area contributed by atoms with Crippen LogP contribution in [0.5, 0.6) is 17.2 Å². The molecule has 2 saturated heterocycles. The van der Waals surface area contributed by atoms with Crippen molar-refractivity contribution in [1.82, 2.24) is 20.3 Å². The van der Waals surface area contributed by atoms with Crippen molar-refractivity contribution in [2.45, 2.75) is 93.9 Å².